The Morgan fingerprint density at radius 1 is 0.535 bits per heavy atom. The Bertz CT molecular complexity index is 6370. The van der Waals surface area contributed by atoms with Crippen LogP contribution in [0, 0.1) is 39.0 Å². The first-order valence-electron chi connectivity index (χ1n) is 43.0. The summed E-state index contributed by atoms with van der Waals surface area (Å²) in [6.07, 6.45) is 4.53. The van der Waals surface area contributed by atoms with Gasteiger partial charge in [-0.2, -0.15) is 18.2 Å². The van der Waals surface area contributed by atoms with Crippen LogP contribution in [0.15, 0.2) is 266 Å². The van der Waals surface area contributed by atoms with Crippen molar-refractivity contribution in [3.8, 4) is 62.1 Å². The van der Waals surface area contributed by atoms with E-state index in [1.807, 2.05) is 6.07 Å². The van der Waals surface area contributed by atoms with Crippen LogP contribution in [0.3, 0.4) is 0 Å². The summed E-state index contributed by atoms with van der Waals surface area (Å²) in [5.74, 6) is 0.0544. The van der Waals surface area contributed by atoms with Crippen molar-refractivity contribution in [2.24, 2.45) is 0 Å². The zero-order valence-electron chi connectivity index (χ0n) is 78.6. The topological polar surface area (TPSA) is 35.9 Å². The molecule has 0 atom stereocenters. The normalized spacial score (nSPS) is 17.6. The number of aryl methyl sites for hydroxylation is 3. The quantitative estimate of drug-likeness (QED) is 0.0529. The summed E-state index contributed by atoms with van der Waals surface area (Å²) in [6, 6.07) is 10.9. The number of fused-ring (bicyclic) bond motifs is 4. The van der Waals surface area contributed by atoms with E-state index in [9.17, 15) is 13.7 Å². The molecule has 0 aliphatic heterocycles. The molecular formula is C79H62N4OPtSi-2. The first-order valence-corrected chi connectivity index (χ1v) is 28.5. The van der Waals surface area contributed by atoms with Gasteiger partial charge in [0, 0.05) is 62.2 Å². The molecule has 0 saturated heterocycles. The molecule has 14 aromatic rings. The molecule has 0 N–H and O–H groups in total. The van der Waals surface area contributed by atoms with Gasteiger partial charge in [-0.25, -0.2) is 4.98 Å². The van der Waals surface area contributed by atoms with E-state index in [2.05, 4.69) is 23.4 Å². The summed E-state index contributed by atoms with van der Waals surface area (Å²) < 4.78 is 313. The van der Waals surface area contributed by atoms with Gasteiger partial charge >= 0.3 is 0 Å². The van der Waals surface area contributed by atoms with Crippen LogP contribution in [-0.2, 0) is 26.5 Å². The second-order valence-electron chi connectivity index (χ2n) is 20.7. The number of imidazole rings is 1. The third kappa shape index (κ3) is 9.83. The van der Waals surface area contributed by atoms with Crippen LogP contribution in [-0.4, -0.2) is 22.2 Å². The molecule has 0 unspecified atom stereocenters. The van der Waals surface area contributed by atoms with E-state index in [0.717, 1.165) is 6.20 Å². The van der Waals surface area contributed by atoms with Crippen LogP contribution in [0.25, 0.3) is 83.4 Å². The summed E-state index contributed by atoms with van der Waals surface area (Å²) in [5.41, 5.74) is -2.23. The second-order valence-corrected chi connectivity index (χ2v) is 24.2. The third-order valence-electron chi connectivity index (χ3n) is 14.6. The van der Waals surface area contributed by atoms with Gasteiger partial charge in [0.15, 0.2) is 8.07 Å². The van der Waals surface area contributed by atoms with Crippen molar-refractivity contribution < 1.29 is 75.6 Å². The molecule has 3 heterocycles. The number of aromatic nitrogens is 4. The van der Waals surface area contributed by atoms with E-state index in [4.69, 9.17) is 36.3 Å². The number of para-hydroxylation sites is 2. The first kappa shape index (κ1) is 29.6. The van der Waals surface area contributed by atoms with Crippen molar-refractivity contribution in [3.05, 3.63) is 307 Å². The van der Waals surface area contributed by atoms with Crippen LogP contribution < -0.4 is 30.1 Å². The van der Waals surface area contributed by atoms with Gasteiger partial charge in [-0.1, -0.05) is 238 Å². The van der Waals surface area contributed by atoms with Gasteiger partial charge in [-0.05, 0) is 126 Å². The van der Waals surface area contributed by atoms with Crippen LogP contribution in [0.1, 0.15) is 88.3 Å². The first-order chi connectivity index (χ1) is 55.1. The van der Waals surface area contributed by atoms with Crippen LogP contribution >= 0.6 is 0 Å². The SMILES string of the molecule is [2H]c1c([2H])c([2H])c(-c2cnc(-n3c4[c-]c(Oc5[c-]c(-n6[c-][n+](-c7c(-c8c([2H])c([2H])c([2H])c([Si](c9c([2H])c([2H])c([2H])c([2H])c9[2H])(c9c([2H])c([2H])c([2H])c([2H])c9[2H])c9c([2H])c([2H])c([2H])c([2H])c9[2H])c8[2H])cccc7C(C)(C)C)c7ccc(-c8c(C([2H])([2H])[2H])cccc8C([2H])([2H])[2H])cc76)ccc5)ccc4c4ccccc43)cc2C([2H])([2H])[2H])c([2H])c1[2H].[Pt]. The molecule has 0 amide bonds. The van der Waals surface area contributed by atoms with Crippen LogP contribution in [0.5, 0.6) is 11.5 Å². The summed E-state index contributed by atoms with van der Waals surface area (Å²) in [6.45, 7) is -3.42. The van der Waals surface area contributed by atoms with E-state index in [-0.39, 0.29) is 105 Å². The van der Waals surface area contributed by atoms with E-state index >= 15 is 0 Å². The number of nitrogens with zero attached hydrogens (tertiary/aromatic N) is 4. The fourth-order valence-electron chi connectivity index (χ4n) is 10.9. The maximum Gasteiger partial charge on any atom is 0.268 e. The number of pyridine rings is 1. The fraction of sp³-hybridized carbons (Fsp3) is 0.0886. The zero-order chi connectivity index (χ0) is 86.2. The van der Waals surface area contributed by atoms with Crippen molar-refractivity contribution in [2.75, 3.05) is 0 Å². The molecule has 3 aromatic heterocycles. The predicted octanol–water partition coefficient (Wildman–Crippen LogP) is 16.2. The summed E-state index contributed by atoms with van der Waals surface area (Å²) in [7, 11) is -6.38. The standard InChI is InChI=1S/C79H62N4OSi.Pt/c1-54-25-21-26-55(2)77(54)59-43-46-73-75(49-59)81(60-30-23-31-61(50-60)84-62-44-45-69-68-39-19-20-42-72(68)83(74(69)51-62)76-47-56(3)70(52-80-76)57-27-11-7-12-28-57)53-82(73)78-67(40-24-41-71(78)79(4,5)6)58-29-22-38-66(48-58)85(63-32-13-8-14-33-63,64-34-15-9-16-35-64)65-36-17-10-18-37-65;/h7-49,52H,1-6H3;/q-2;/i1D3,2D3,3D3,7D,8D,9D,10D,11D,12D,13D,14D,15D,16D,17D,18D,22D,27D,28D,29D,32D,33D,34D,35D,36D,37D,38D,48D;. The predicted molar refractivity (Wildman–Crippen MR) is 353 cm³/mol. The van der Waals surface area contributed by atoms with Crippen molar-refractivity contribution in [3.63, 3.8) is 0 Å². The molecule has 0 spiro atoms. The molecule has 0 radical (unpaired) electrons. The molecule has 420 valence electrons. The number of hydrogen-bond donors (Lipinski definition) is 0. The van der Waals surface area contributed by atoms with E-state index in [1.54, 1.807) is 73.9 Å². The molecule has 0 saturated carbocycles. The minimum absolute atomic E-state index is 0. The van der Waals surface area contributed by atoms with E-state index < -0.39 is 205 Å². The van der Waals surface area contributed by atoms with Gasteiger partial charge in [0.2, 0.25) is 0 Å². The van der Waals surface area contributed by atoms with Crippen molar-refractivity contribution >= 4 is 61.7 Å². The molecule has 7 heteroatoms. The second kappa shape index (κ2) is 22.8. The number of benzene rings is 11. The van der Waals surface area contributed by atoms with Crippen LogP contribution in [0.2, 0.25) is 0 Å². The smallest absolute Gasteiger partial charge is 0.268 e. The van der Waals surface area contributed by atoms with Crippen LogP contribution in [0.4, 0.5) is 0 Å². The summed E-state index contributed by atoms with van der Waals surface area (Å²) >= 11 is 0. The Hall–Kier alpha value is -9.45. The van der Waals surface area contributed by atoms with Crippen molar-refractivity contribution in [1.82, 2.24) is 14.1 Å². The molecule has 0 bridgehead atoms. The van der Waals surface area contributed by atoms with Gasteiger partial charge in [-0.3, -0.25) is 4.57 Å². The summed E-state index contributed by atoms with van der Waals surface area (Å²) in [4.78, 5) is 4.67. The Morgan fingerprint density at radius 2 is 1.16 bits per heavy atom. The monoisotopic (exact) mass is 1340 g/mol. The van der Waals surface area contributed by atoms with E-state index in [1.165, 1.54) is 69.8 Å². The Morgan fingerprint density at radius 3 is 1.85 bits per heavy atom. The Balaban J connectivity index is 0.0000123. The minimum atomic E-state index is -6.38. The molecule has 14 rings (SSSR count). The van der Waals surface area contributed by atoms with Gasteiger partial charge in [0.05, 0.1) is 49.6 Å². The summed E-state index contributed by atoms with van der Waals surface area (Å²) in [5, 5.41) is -2.94. The molecule has 0 aliphatic rings. The molecular weight excluding hydrogens is 1240 g/mol. The van der Waals surface area contributed by atoms with Gasteiger partial charge in [0.1, 0.15) is 5.82 Å². The maximum atomic E-state index is 10.9. The van der Waals surface area contributed by atoms with Gasteiger partial charge in [-0.15, -0.1) is 29.7 Å². The average Bonchev–Trinajstić information content (AvgIpc) is 1.33. The molecule has 0 aliphatic carbocycles. The molecule has 86 heavy (non-hydrogen) atoms. The van der Waals surface area contributed by atoms with Gasteiger partial charge < -0.3 is 13.9 Å². The Labute approximate surface area is 565 Å². The Kier molecular flexibility index (Phi) is 7.86. The van der Waals surface area contributed by atoms with Crippen molar-refractivity contribution in [2.45, 2.75) is 46.7 Å². The third-order valence-corrected chi connectivity index (χ3v) is 18.6. The average molecular weight is 1340 g/mol. The minimum Gasteiger partial charge on any atom is -0.510 e. The van der Waals surface area contributed by atoms with E-state index in [0.29, 0.717) is 27.4 Å². The molecule has 0 fully saturated rings. The fourth-order valence-corrected chi connectivity index (χ4v) is 14.4. The van der Waals surface area contributed by atoms with Gasteiger partial charge in [0.25, 0.3) is 6.33 Å². The molecule has 11 aromatic carbocycles. The molecule has 5 nitrogen and oxygen atoms in total. The number of rotatable bonds is 12. The number of ether oxygens (including phenoxy) is 1. The maximum absolute atomic E-state index is 10.9. The zero-order valence-corrected chi connectivity index (χ0v) is 48.8. The largest absolute Gasteiger partial charge is 0.510 e. The van der Waals surface area contributed by atoms with Crippen molar-refractivity contribution in [1.29, 1.82) is 0 Å². The number of hydrogen-bond acceptors (Lipinski definition) is 2.